The molecule has 1 aromatic rings. The molecule has 1 aromatic heterocycles. The van der Waals surface area contributed by atoms with Gasteiger partial charge in [0.05, 0.1) is 24.1 Å². The maximum Gasteiger partial charge on any atom is 0.252 e. The van der Waals surface area contributed by atoms with Crippen LogP contribution in [-0.4, -0.2) is 33.9 Å². The zero-order valence-corrected chi connectivity index (χ0v) is 7.97. The fraction of sp³-hybridized carbons (Fsp3) is 0.444. The van der Waals surface area contributed by atoms with Crippen molar-refractivity contribution in [3.63, 3.8) is 0 Å². The van der Waals surface area contributed by atoms with Crippen LogP contribution in [0.5, 0.6) is 0 Å². The van der Waals surface area contributed by atoms with Crippen molar-refractivity contribution in [1.82, 2.24) is 15.5 Å². The number of hydrogen-bond donors (Lipinski definition) is 2. The second-order valence-electron chi connectivity index (χ2n) is 3.02. The minimum atomic E-state index is -0.397. The summed E-state index contributed by atoms with van der Waals surface area (Å²) in [6, 6.07) is 1.59. The van der Waals surface area contributed by atoms with Crippen molar-refractivity contribution in [2.75, 3.05) is 6.54 Å². The summed E-state index contributed by atoms with van der Waals surface area (Å²) < 4.78 is 0. The van der Waals surface area contributed by atoms with Crippen LogP contribution in [0.3, 0.4) is 0 Å². The molecule has 0 spiro atoms. The van der Waals surface area contributed by atoms with Gasteiger partial charge in [-0.3, -0.25) is 4.79 Å². The van der Waals surface area contributed by atoms with Gasteiger partial charge in [0.25, 0.3) is 5.91 Å². The highest BCUT2D eigenvalue weighted by atomic mass is 16.3. The molecule has 1 amide bonds. The number of carbonyl (C=O) groups excluding carboxylic acids is 1. The first-order valence-electron chi connectivity index (χ1n) is 4.43. The number of aliphatic hydroxyl groups excluding tert-OH is 1. The van der Waals surface area contributed by atoms with Gasteiger partial charge in [0.2, 0.25) is 0 Å². The van der Waals surface area contributed by atoms with E-state index in [-0.39, 0.29) is 5.91 Å². The van der Waals surface area contributed by atoms with Gasteiger partial charge in [-0.1, -0.05) is 0 Å². The lowest BCUT2D eigenvalue weighted by Crippen LogP contribution is -2.26. The Morgan fingerprint density at radius 3 is 3.00 bits per heavy atom. The lowest BCUT2D eigenvalue weighted by atomic mass is 10.2. The van der Waals surface area contributed by atoms with E-state index in [4.69, 9.17) is 5.11 Å². The first-order valence-corrected chi connectivity index (χ1v) is 4.43. The number of nitrogens with one attached hydrogen (secondary N) is 1. The van der Waals surface area contributed by atoms with Gasteiger partial charge in [-0.25, -0.2) is 0 Å². The molecule has 0 saturated heterocycles. The highest BCUT2D eigenvalue weighted by Crippen LogP contribution is 1.94. The van der Waals surface area contributed by atoms with E-state index in [1.807, 2.05) is 0 Å². The van der Waals surface area contributed by atoms with Gasteiger partial charge in [-0.2, -0.15) is 10.2 Å². The Morgan fingerprint density at radius 1 is 1.64 bits per heavy atom. The number of carbonyl (C=O) groups is 1. The van der Waals surface area contributed by atoms with Gasteiger partial charge in [-0.05, 0) is 19.4 Å². The minimum absolute atomic E-state index is 0.194. The van der Waals surface area contributed by atoms with E-state index in [0.29, 0.717) is 18.5 Å². The average Bonchev–Trinajstić information content (AvgIpc) is 2.18. The third kappa shape index (κ3) is 3.49. The lowest BCUT2D eigenvalue weighted by molar-refractivity contribution is 0.0945. The topological polar surface area (TPSA) is 75.1 Å². The summed E-state index contributed by atoms with van der Waals surface area (Å²) in [4.78, 5) is 11.4. The molecule has 1 heterocycles. The van der Waals surface area contributed by atoms with E-state index in [2.05, 4.69) is 15.5 Å². The Hall–Kier alpha value is -1.49. The van der Waals surface area contributed by atoms with Gasteiger partial charge in [-0.15, -0.1) is 0 Å². The largest absolute Gasteiger partial charge is 0.393 e. The van der Waals surface area contributed by atoms with E-state index in [0.717, 1.165) is 0 Å². The quantitative estimate of drug-likeness (QED) is 0.707. The number of amides is 1. The molecular formula is C9H13N3O2. The molecular weight excluding hydrogens is 182 g/mol. The first kappa shape index (κ1) is 10.6. The maximum absolute atomic E-state index is 11.4. The van der Waals surface area contributed by atoms with Gasteiger partial charge < -0.3 is 10.4 Å². The molecule has 5 nitrogen and oxygen atoms in total. The van der Waals surface area contributed by atoms with Crippen molar-refractivity contribution in [3.8, 4) is 0 Å². The molecule has 0 radical (unpaired) electrons. The van der Waals surface area contributed by atoms with Crippen molar-refractivity contribution in [2.24, 2.45) is 0 Å². The van der Waals surface area contributed by atoms with E-state index >= 15 is 0 Å². The zero-order chi connectivity index (χ0) is 10.4. The van der Waals surface area contributed by atoms with Crippen LogP contribution in [0.1, 0.15) is 23.7 Å². The Kier molecular flexibility index (Phi) is 4.00. The number of nitrogens with zero attached hydrogens (tertiary/aromatic N) is 2. The van der Waals surface area contributed by atoms with Gasteiger partial charge in [0.1, 0.15) is 0 Å². The third-order valence-corrected chi connectivity index (χ3v) is 1.69. The Labute approximate surface area is 82.2 Å². The Bertz CT molecular complexity index is 287. The van der Waals surface area contributed by atoms with Gasteiger partial charge in [0, 0.05) is 6.54 Å². The molecule has 1 rings (SSSR count). The monoisotopic (exact) mass is 195 g/mol. The van der Waals surface area contributed by atoms with Crippen LogP contribution >= 0.6 is 0 Å². The predicted octanol–water partition coefficient (Wildman–Crippen LogP) is -0.0227. The van der Waals surface area contributed by atoms with Gasteiger partial charge >= 0.3 is 0 Å². The molecule has 1 unspecified atom stereocenters. The van der Waals surface area contributed by atoms with Gasteiger partial charge in [0.15, 0.2) is 0 Å². The van der Waals surface area contributed by atoms with Crippen LogP contribution in [0.15, 0.2) is 18.5 Å². The summed E-state index contributed by atoms with van der Waals surface area (Å²) in [7, 11) is 0. The third-order valence-electron chi connectivity index (χ3n) is 1.69. The standard InChI is InChI=1S/C9H13N3O2/c1-7(13)2-4-10-9(14)8-3-5-11-12-6-8/h3,5-7,13H,2,4H2,1H3,(H,10,14). The first-order chi connectivity index (χ1) is 6.70. The Morgan fingerprint density at radius 2 is 2.43 bits per heavy atom. The van der Waals surface area contributed by atoms with E-state index < -0.39 is 6.10 Å². The average molecular weight is 195 g/mol. The molecule has 14 heavy (non-hydrogen) atoms. The summed E-state index contributed by atoms with van der Waals surface area (Å²) in [5.74, 6) is -0.194. The number of hydrogen-bond acceptors (Lipinski definition) is 4. The van der Waals surface area contributed by atoms with Crippen molar-refractivity contribution in [2.45, 2.75) is 19.4 Å². The van der Waals surface area contributed by atoms with Crippen LogP contribution in [-0.2, 0) is 0 Å². The van der Waals surface area contributed by atoms with E-state index in [1.54, 1.807) is 13.0 Å². The normalized spacial score (nSPS) is 12.1. The second-order valence-corrected chi connectivity index (χ2v) is 3.02. The summed E-state index contributed by atoms with van der Waals surface area (Å²) in [5.41, 5.74) is 0.477. The number of aromatic nitrogens is 2. The van der Waals surface area contributed by atoms with Crippen LogP contribution in [0, 0.1) is 0 Å². The number of rotatable bonds is 4. The van der Waals surface area contributed by atoms with E-state index in [9.17, 15) is 4.79 Å². The molecule has 0 aliphatic carbocycles. The Balaban J connectivity index is 2.36. The fourth-order valence-electron chi connectivity index (χ4n) is 0.922. The highest BCUT2D eigenvalue weighted by molar-refractivity contribution is 5.93. The molecule has 1 atom stereocenters. The highest BCUT2D eigenvalue weighted by Gasteiger charge is 2.04. The van der Waals surface area contributed by atoms with Crippen LogP contribution in [0.25, 0.3) is 0 Å². The molecule has 0 bridgehead atoms. The van der Waals surface area contributed by atoms with E-state index in [1.165, 1.54) is 12.4 Å². The number of aliphatic hydroxyl groups is 1. The summed E-state index contributed by atoms with van der Waals surface area (Å²) in [5, 5.41) is 18.8. The molecule has 76 valence electrons. The maximum atomic E-state index is 11.4. The van der Waals surface area contributed by atoms with Crippen molar-refractivity contribution >= 4 is 5.91 Å². The molecule has 0 aliphatic heterocycles. The van der Waals surface area contributed by atoms with Crippen molar-refractivity contribution in [1.29, 1.82) is 0 Å². The smallest absolute Gasteiger partial charge is 0.252 e. The lowest BCUT2D eigenvalue weighted by Gasteiger charge is -2.05. The molecule has 0 fully saturated rings. The second kappa shape index (κ2) is 5.29. The van der Waals surface area contributed by atoms with Crippen molar-refractivity contribution in [3.05, 3.63) is 24.0 Å². The van der Waals surface area contributed by atoms with Crippen LogP contribution < -0.4 is 5.32 Å². The molecule has 2 N–H and O–H groups in total. The summed E-state index contributed by atoms with van der Waals surface area (Å²) >= 11 is 0. The SMILES string of the molecule is CC(O)CCNC(=O)c1ccnnc1. The molecule has 0 saturated carbocycles. The van der Waals surface area contributed by atoms with Crippen LogP contribution in [0.4, 0.5) is 0 Å². The molecule has 0 aromatic carbocycles. The zero-order valence-electron chi connectivity index (χ0n) is 7.97. The summed E-state index contributed by atoms with van der Waals surface area (Å²) in [6.45, 7) is 2.14. The summed E-state index contributed by atoms with van der Waals surface area (Å²) in [6.07, 6.45) is 3.01. The van der Waals surface area contributed by atoms with Crippen LogP contribution in [0.2, 0.25) is 0 Å². The molecule has 0 aliphatic rings. The molecule has 5 heteroatoms. The minimum Gasteiger partial charge on any atom is -0.393 e. The predicted molar refractivity (Wildman–Crippen MR) is 50.7 cm³/mol. The fourth-order valence-corrected chi connectivity index (χ4v) is 0.922. The van der Waals surface area contributed by atoms with Crippen molar-refractivity contribution < 1.29 is 9.90 Å².